The van der Waals surface area contributed by atoms with Crippen molar-refractivity contribution in [1.29, 1.82) is 0 Å². The van der Waals surface area contributed by atoms with Crippen LogP contribution in [0.2, 0.25) is 0 Å². The molecule has 1 unspecified atom stereocenters. The number of hydrogen-bond donors (Lipinski definition) is 2. The standard InChI is InChI=1S/C10H19NO2/c1-10(11,7-9(12)13)6-8-4-2-3-5-8/h8H,2-7,11H2,1H3,(H,12,13). The molecule has 0 aromatic rings. The Bertz CT molecular complexity index is 183. The largest absolute Gasteiger partial charge is 0.481 e. The summed E-state index contributed by atoms with van der Waals surface area (Å²) in [5.74, 6) is -0.127. The summed E-state index contributed by atoms with van der Waals surface area (Å²) in [5, 5.41) is 8.64. The molecule has 1 fully saturated rings. The zero-order chi connectivity index (χ0) is 9.90. The SMILES string of the molecule is CC(N)(CC(=O)O)CC1CCCC1. The molecule has 0 radical (unpaired) electrons. The fourth-order valence-corrected chi connectivity index (χ4v) is 2.29. The lowest BCUT2D eigenvalue weighted by Crippen LogP contribution is -2.40. The summed E-state index contributed by atoms with van der Waals surface area (Å²) >= 11 is 0. The Labute approximate surface area is 79.3 Å². The third-order valence-corrected chi connectivity index (χ3v) is 2.78. The Kier molecular flexibility index (Phi) is 3.31. The zero-order valence-corrected chi connectivity index (χ0v) is 8.25. The summed E-state index contributed by atoms with van der Waals surface area (Å²) in [4.78, 5) is 10.5. The van der Waals surface area contributed by atoms with Gasteiger partial charge >= 0.3 is 5.97 Å². The summed E-state index contributed by atoms with van der Waals surface area (Å²) in [7, 11) is 0. The van der Waals surface area contributed by atoms with E-state index >= 15 is 0 Å². The average Bonchev–Trinajstić information content (AvgIpc) is 2.34. The molecule has 1 rings (SSSR count). The summed E-state index contributed by atoms with van der Waals surface area (Å²) in [6.07, 6.45) is 5.98. The van der Waals surface area contributed by atoms with E-state index in [-0.39, 0.29) is 6.42 Å². The minimum absolute atomic E-state index is 0.0868. The predicted molar refractivity (Wildman–Crippen MR) is 51.4 cm³/mol. The molecule has 0 aromatic heterocycles. The maximum Gasteiger partial charge on any atom is 0.305 e. The number of carboxylic acids is 1. The monoisotopic (exact) mass is 185 g/mol. The van der Waals surface area contributed by atoms with Gasteiger partial charge in [-0.25, -0.2) is 0 Å². The second-order valence-electron chi connectivity index (χ2n) is 4.58. The van der Waals surface area contributed by atoms with Crippen molar-refractivity contribution in [3.05, 3.63) is 0 Å². The zero-order valence-electron chi connectivity index (χ0n) is 8.25. The lowest BCUT2D eigenvalue weighted by Gasteiger charge is -2.25. The highest BCUT2D eigenvalue weighted by molar-refractivity contribution is 5.68. The average molecular weight is 185 g/mol. The highest BCUT2D eigenvalue weighted by atomic mass is 16.4. The first-order valence-corrected chi connectivity index (χ1v) is 5.00. The van der Waals surface area contributed by atoms with E-state index in [0.717, 1.165) is 6.42 Å². The molecule has 0 saturated heterocycles. The Morgan fingerprint density at radius 1 is 1.54 bits per heavy atom. The van der Waals surface area contributed by atoms with Crippen molar-refractivity contribution in [2.45, 2.75) is 51.0 Å². The fraction of sp³-hybridized carbons (Fsp3) is 0.900. The van der Waals surface area contributed by atoms with Crippen molar-refractivity contribution >= 4 is 5.97 Å². The molecule has 1 saturated carbocycles. The molecule has 0 aromatic carbocycles. The second-order valence-corrected chi connectivity index (χ2v) is 4.58. The summed E-state index contributed by atoms with van der Waals surface area (Å²) in [5.41, 5.74) is 5.40. The first-order valence-electron chi connectivity index (χ1n) is 5.00. The van der Waals surface area contributed by atoms with Crippen LogP contribution < -0.4 is 5.73 Å². The Balaban J connectivity index is 2.35. The van der Waals surface area contributed by atoms with Crippen LogP contribution in [-0.4, -0.2) is 16.6 Å². The first kappa shape index (κ1) is 10.5. The van der Waals surface area contributed by atoms with Crippen LogP contribution in [0, 0.1) is 5.92 Å². The van der Waals surface area contributed by atoms with Crippen molar-refractivity contribution in [3.8, 4) is 0 Å². The Hall–Kier alpha value is -0.570. The summed E-state index contributed by atoms with van der Waals surface area (Å²) < 4.78 is 0. The van der Waals surface area contributed by atoms with E-state index in [4.69, 9.17) is 10.8 Å². The van der Waals surface area contributed by atoms with Gasteiger partial charge in [-0.3, -0.25) is 4.79 Å². The molecule has 3 nitrogen and oxygen atoms in total. The molecule has 3 N–H and O–H groups in total. The summed E-state index contributed by atoms with van der Waals surface area (Å²) in [6, 6.07) is 0. The molecule has 0 amide bonds. The van der Waals surface area contributed by atoms with Gasteiger partial charge in [-0.05, 0) is 19.3 Å². The molecule has 13 heavy (non-hydrogen) atoms. The van der Waals surface area contributed by atoms with Crippen LogP contribution in [0.5, 0.6) is 0 Å². The van der Waals surface area contributed by atoms with Gasteiger partial charge in [0.1, 0.15) is 0 Å². The maximum atomic E-state index is 10.5. The highest BCUT2D eigenvalue weighted by Gasteiger charge is 2.27. The van der Waals surface area contributed by atoms with Gasteiger partial charge in [-0.2, -0.15) is 0 Å². The molecular formula is C10H19NO2. The second kappa shape index (κ2) is 4.09. The van der Waals surface area contributed by atoms with E-state index in [1.807, 2.05) is 6.92 Å². The van der Waals surface area contributed by atoms with Gasteiger partial charge in [-0.1, -0.05) is 25.7 Å². The van der Waals surface area contributed by atoms with E-state index in [2.05, 4.69) is 0 Å². The molecule has 76 valence electrons. The molecule has 0 bridgehead atoms. The number of nitrogens with two attached hydrogens (primary N) is 1. The maximum absolute atomic E-state index is 10.5. The normalized spacial score (nSPS) is 22.9. The van der Waals surface area contributed by atoms with Crippen LogP contribution in [0.15, 0.2) is 0 Å². The molecule has 0 aliphatic heterocycles. The lowest BCUT2D eigenvalue weighted by atomic mass is 9.86. The minimum atomic E-state index is -0.789. The van der Waals surface area contributed by atoms with Crippen molar-refractivity contribution in [2.75, 3.05) is 0 Å². The van der Waals surface area contributed by atoms with Crippen LogP contribution >= 0.6 is 0 Å². The number of carbonyl (C=O) groups is 1. The van der Waals surface area contributed by atoms with E-state index < -0.39 is 11.5 Å². The van der Waals surface area contributed by atoms with Crippen molar-refractivity contribution in [2.24, 2.45) is 11.7 Å². The smallest absolute Gasteiger partial charge is 0.305 e. The van der Waals surface area contributed by atoms with Gasteiger partial charge < -0.3 is 10.8 Å². The van der Waals surface area contributed by atoms with Gasteiger partial charge in [0.15, 0.2) is 0 Å². The summed E-state index contributed by atoms with van der Waals surface area (Å²) in [6.45, 7) is 1.85. The van der Waals surface area contributed by atoms with Gasteiger partial charge in [0.25, 0.3) is 0 Å². The van der Waals surface area contributed by atoms with E-state index in [9.17, 15) is 4.79 Å². The predicted octanol–water partition coefficient (Wildman–Crippen LogP) is 1.76. The lowest BCUT2D eigenvalue weighted by molar-refractivity contribution is -0.138. The Morgan fingerprint density at radius 2 is 2.08 bits per heavy atom. The molecule has 1 atom stereocenters. The number of rotatable bonds is 4. The van der Waals surface area contributed by atoms with Crippen LogP contribution in [0.1, 0.15) is 45.4 Å². The van der Waals surface area contributed by atoms with E-state index in [1.165, 1.54) is 25.7 Å². The van der Waals surface area contributed by atoms with Crippen molar-refractivity contribution in [1.82, 2.24) is 0 Å². The first-order chi connectivity index (χ1) is 5.99. The van der Waals surface area contributed by atoms with Gasteiger partial charge in [0.2, 0.25) is 0 Å². The molecule has 1 aliphatic carbocycles. The third-order valence-electron chi connectivity index (χ3n) is 2.78. The third kappa shape index (κ3) is 3.77. The fourth-order valence-electron chi connectivity index (χ4n) is 2.29. The van der Waals surface area contributed by atoms with E-state index in [0.29, 0.717) is 5.92 Å². The molecule has 3 heteroatoms. The van der Waals surface area contributed by atoms with Crippen LogP contribution in [0.25, 0.3) is 0 Å². The van der Waals surface area contributed by atoms with Crippen molar-refractivity contribution in [3.63, 3.8) is 0 Å². The number of aliphatic carboxylic acids is 1. The number of carboxylic acid groups (broad SMARTS) is 1. The van der Waals surface area contributed by atoms with Gasteiger partial charge in [-0.15, -0.1) is 0 Å². The van der Waals surface area contributed by atoms with E-state index in [1.54, 1.807) is 0 Å². The van der Waals surface area contributed by atoms with Crippen LogP contribution in [0.4, 0.5) is 0 Å². The van der Waals surface area contributed by atoms with Crippen molar-refractivity contribution < 1.29 is 9.90 Å². The molecule has 0 heterocycles. The topological polar surface area (TPSA) is 63.3 Å². The van der Waals surface area contributed by atoms with Gasteiger partial charge in [0, 0.05) is 5.54 Å². The quantitative estimate of drug-likeness (QED) is 0.701. The molecule has 0 spiro atoms. The molecule has 1 aliphatic rings. The molecular weight excluding hydrogens is 166 g/mol. The number of hydrogen-bond acceptors (Lipinski definition) is 2. The minimum Gasteiger partial charge on any atom is -0.481 e. The highest BCUT2D eigenvalue weighted by Crippen LogP contribution is 2.31. The van der Waals surface area contributed by atoms with Crippen LogP contribution in [-0.2, 0) is 4.79 Å². The van der Waals surface area contributed by atoms with Gasteiger partial charge in [0.05, 0.1) is 6.42 Å². The van der Waals surface area contributed by atoms with Crippen LogP contribution in [0.3, 0.4) is 0 Å². The Morgan fingerprint density at radius 3 is 2.54 bits per heavy atom.